The number of amides is 1. The number of likely N-dealkylation sites (tertiary alicyclic amines) is 1. The second kappa shape index (κ2) is 5.31. The molecule has 0 bridgehead atoms. The molecule has 1 saturated heterocycles. The molecule has 1 atom stereocenters. The van der Waals surface area contributed by atoms with Gasteiger partial charge in [-0.1, -0.05) is 19.3 Å². The van der Waals surface area contributed by atoms with E-state index < -0.39 is 0 Å². The zero-order chi connectivity index (χ0) is 13.2. The van der Waals surface area contributed by atoms with Gasteiger partial charge in [0.05, 0.1) is 5.92 Å². The van der Waals surface area contributed by atoms with Gasteiger partial charge in [-0.05, 0) is 19.3 Å². The Kier molecular flexibility index (Phi) is 3.53. The van der Waals surface area contributed by atoms with Gasteiger partial charge in [-0.2, -0.15) is 0 Å². The number of hydrogen-bond acceptors (Lipinski definition) is 4. The lowest BCUT2D eigenvalue weighted by molar-refractivity contribution is -0.135. The summed E-state index contributed by atoms with van der Waals surface area (Å²) in [6.45, 7) is 3.38. The Morgan fingerprint density at radius 3 is 2.68 bits per heavy atom. The highest BCUT2D eigenvalue weighted by Gasteiger charge is 2.34. The van der Waals surface area contributed by atoms with Crippen LogP contribution in [0.3, 0.4) is 0 Å². The van der Waals surface area contributed by atoms with Crippen molar-refractivity contribution in [1.29, 1.82) is 0 Å². The minimum atomic E-state index is 0.230. The van der Waals surface area contributed by atoms with Gasteiger partial charge in [0.1, 0.15) is 0 Å². The fourth-order valence-corrected chi connectivity index (χ4v) is 3.25. The molecule has 104 valence electrons. The third-order valence-electron chi connectivity index (χ3n) is 4.35. The highest BCUT2D eigenvalue weighted by Crippen LogP contribution is 2.30. The zero-order valence-corrected chi connectivity index (χ0v) is 11.5. The summed E-state index contributed by atoms with van der Waals surface area (Å²) in [5.41, 5.74) is 0. The summed E-state index contributed by atoms with van der Waals surface area (Å²) >= 11 is 0. The smallest absolute Gasteiger partial charge is 0.225 e. The predicted molar refractivity (Wildman–Crippen MR) is 69.5 cm³/mol. The van der Waals surface area contributed by atoms with Crippen molar-refractivity contribution < 1.29 is 9.21 Å². The topological polar surface area (TPSA) is 59.2 Å². The maximum absolute atomic E-state index is 12.4. The van der Waals surface area contributed by atoms with Crippen LogP contribution in [0.25, 0.3) is 0 Å². The van der Waals surface area contributed by atoms with Gasteiger partial charge in [-0.15, -0.1) is 10.2 Å². The lowest BCUT2D eigenvalue weighted by Gasteiger charge is -2.26. The molecule has 1 aliphatic carbocycles. The van der Waals surface area contributed by atoms with Gasteiger partial charge in [0.25, 0.3) is 0 Å². The SMILES string of the molecule is Cc1nnc([C@H]2CCN(C(=O)C3CCCCC3)C2)o1. The van der Waals surface area contributed by atoms with E-state index in [0.717, 1.165) is 32.4 Å². The minimum Gasteiger partial charge on any atom is -0.425 e. The van der Waals surface area contributed by atoms with Crippen LogP contribution < -0.4 is 0 Å². The highest BCUT2D eigenvalue weighted by molar-refractivity contribution is 5.79. The monoisotopic (exact) mass is 263 g/mol. The first kappa shape index (κ1) is 12.6. The minimum absolute atomic E-state index is 0.230. The van der Waals surface area contributed by atoms with Crippen LogP contribution in [0, 0.1) is 12.8 Å². The zero-order valence-electron chi connectivity index (χ0n) is 11.5. The molecule has 1 aliphatic heterocycles. The van der Waals surface area contributed by atoms with Gasteiger partial charge in [-0.25, -0.2) is 0 Å². The standard InChI is InChI=1S/C14H21N3O2/c1-10-15-16-13(19-10)12-7-8-17(9-12)14(18)11-5-3-2-4-6-11/h11-12H,2-9H2,1H3/t12-/m0/s1. The third-order valence-corrected chi connectivity index (χ3v) is 4.35. The Balaban J connectivity index is 1.60. The second-order valence-electron chi connectivity index (χ2n) is 5.76. The number of aryl methyl sites for hydroxylation is 1. The number of carbonyl (C=O) groups is 1. The summed E-state index contributed by atoms with van der Waals surface area (Å²) in [5, 5.41) is 7.95. The number of rotatable bonds is 2. The van der Waals surface area contributed by atoms with Crippen LogP contribution >= 0.6 is 0 Å². The molecule has 19 heavy (non-hydrogen) atoms. The Morgan fingerprint density at radius 1 is 1.21 bits per heavy atom. The van der Waals surface area contributed by atoms with Gasteiger partial charge in [0, 0.05) is 25.9 Å². The first-order valence-corrected chi connectivity index (χ1v) is 7.33. The maximum Gasteiger partial charge on any atom is 0.225 e. The van der Waals surface area contributed by atoms with E-state index in [4.69, 9.17) is 4.42 Å². The van der Waals surface area contributed by atoms with Gasteiger partial charge in [-0.3, -0.25) is 4.79 Å². The molecular weight excluding hydrogens is 242 g/mol. The molecule has 0 N–H and O–H groups in total. The fraction of sp³-hybridized carbons (Fsp3) is 0.786. The Bertz CT molecular complexity index is 451. The van der Waals surface area contributed by atoms with Crippen molar-refractivity contribution >= 4 is 5.91 Å². The molecule has 3 rings (SSSR count). The molecule has 1 saturated carbocycles. The largest absolute Gasteiger partial charge is 0.425 e. The number of carbonyl (C=O) groups excluding carboxylic acids is 1. The molecule has 5 heteroatoms. The lowest BCUT2D eigenvalue weighted by Crippen LogP contribution is -2.35. The molecule has 0 radical (unpaired) electrons. The van der Waals surface area contributed by atoms with E-state index in [1.54, 1.807) is 6.92 Å². The summed E-state index contributed by atoms with van der Waals surface area (Å²) in [6, 6.07) is 0. The number of hydrogen-bond donors (Lipinski definition) is 0. The average Bonchev–Trinajstić information content (AvgIpc) is 3.07. The van der Waals surface area contributed by atoms with Crippen molar-refractivity contribution in [2.45, 2.75) is 51.4 Å². The predicted octanol–water partition coefficient (Wildman–Crippen LogP) is 2.27. The summed E-state index contributed by atoms with van der Waals surface area (Å²) in [4.78, 5) is 14.4. The van der Waals surface area contributed by atoms with Crippen LogP contribution in [0.4, 0.5) is 0 Å². The van der Waals surface area contributed by atoms with Crippen molar-refractivity contribution in [3.8, 4) is 0 Å². The third kappa shape index (κ3) is 2.65. The van der Waals surface area contributed by atoms with Crippen molar-refractivity contribution in [2.24, 2.45) is 5.92 Å². The van der Waals surface area contributed by atoms with Crippen molar-refractivity contribution in [1.82, 2.24) is 15.1 Å². The van der Waals surface area contributed by atoms with Crippen LogP contribution in [0.5, 0.6) is 0 Å². The Hall–Kier alpha value is -1.39. The fourth-order valence-electron chi connectivity index (χ4n) is 3.25. The molecule has 0 unspecified atom stereocenters. The first-order chi connectivity index (χ1) is 9.24. The summed E-state index contributed by atoms with van der Waals surface area (Å²) in [7, 11) is 0. The van der Waals surface area contributed by atoms with Crippen LogP contribution in [0.1, 0.15) is 56.2 Å². The number of nitrogens with zero attached hydrogens (tertiary/aromatic N) is 3. The number of aromatic nitrogens is 2. The molecule has 5 nitrogen and oxygen atoms in total. The molecule has 2 aliphatic rings. The van der Waals surface area contributed by atoms with Gasteiger partial charge < -0.3 is 9.32 Å². The average molecular weight is 263 g/mol. The van der Waals surface area contributed by atoms with E-state index in [9.17, 15) is 4.79 Å². The normalized spacial score (nSPS) is 24.9. The van der Waals surface area contributed by atoms with E-state index >= 15 is 0 Å². The summed E-state index contributed by atoms with van der Waals surface area (Å²) in [6.07, 6.45) is 6.78. The Morgan fingerprint density at radius 2 is 2.00 bits per heavy atom. The summed E-state index contributed by atoms with van der Waals surface area (Å²) in [5.74, 6) is 2.13. The van der Waals surface area contributed by atoms with Crippen LogP contribution in [0.15, 0.2) is 4.42 Å². The maximum atomic E-state index is 12.4. The molecule has 0 aromatic carbocycles. The molecule has 0 spiro atoms. The lowest BCUT2D eigenvalue weighted by atomic mass is 9.88. The molecule has 1 aromatic rings. The molecular formula is C14H21N3O2. The molecule has 2 heterocycles. The molecule has 2 fully saturated rings. The van der Waals surface area contributed by atoms with Crippen molar-refractivity contribution in [3.05, 3.63) is 11.8 Å². The summed E-state index contributed by atoms with van der Waals surface area (Å²) < 4.78 is 5.48. The van der Waals surface area contributed by atoms with Gasteiger partial charge in [0.2, 0.25) is 17.7 Å². The van der Waals surface area contributed by atoms with Crippen molar-refractivity contribution in [2.75, 3.05) is 13.1 Å². The van der Waals surface area contributed by atoms with E-state index in [2.05, 4.69) is 10.2 Å². The Labute approximate surface area is 113 Å². The first-order valence-electron chi connectivity index (χ1n) is 7.33. The van der Waals surface area contributed by atoms with Crippen LogP contribution in [-0.4, -0.2) is 34.1 Å². The van der Waals surface area contributed by atoms with Crippen LogP contribution in [0.2, 0.25) is 0 Å². The van der Waals surface area contributed by atoms with E-state index in [1.807, 2.05) is 4.90 Å². The van der Waals surface area contributed by atoms with E-state index in [0.29, 0.717) is 17.7 Å². The van der Waals surface area contributed by atoms with Gasteiger partial charge >= 0.3 is 0 Å². The second-order valence-corrected chi connectivity index (χ2v) is 5.76. The molecule has 1 aromatic heterocycles. The van der Waals surface area contributed by atoms with E-state index in [1.165, 1.54) is 19.3 Å². The molecule has 1 amide bonds. The highest BCUT2D eigenvalue weighted by atomic mass is 16.4. The van der Waals surface area contributed by atoms with E-state index in [-0.39, 0.29) is 11.8 Å². The van der Waals surface area contributed by atoms with Crippen molar-refractivity contribution in [3.63, 3.8) is 0 Å². The van der Waals surface area contributed by atoms with Gasteiger partial charge in [0.15, 0.2) is 0 Å². The van der Waals surface area contributed by atoms with Crippen LogP contribution in [-0.2, 0) is 4.79 Å². The quantitative estimate of drug-likeness (QED) is 0.821.